The minimum Gasteiger partial charge on any atom is -0.345 e. The van der Waals surface area contributed by atoms with Crippen molar-refractivity contribution in [3.8, 4) is 6.07 Å². The van der Waals surface area contributed by atoms with E-state index in [2.05, 4.69) is 10.00 Å². The number of nitrogens with zero attached hydrogens (tertiary/aromatic N) is 5. The van der Waals surface area contributed by atoms with Gasteiger partial charge in [-0.3, -0.25) is 9.48 Å². The zero-order valence-electron chi connectivity index (χ0n) is 11.8. The Hall–Kier alpha value is -1.87. The lowest BCUT2D eigenvalue weighted by Gasteiger charge is -2.19. The van der Waals surface area contributed by atoms with Gasteiger partial charge in [0, 0.05) is 51.9 Å². The summed E-state index contributed by atoms with van der Waals surface area (Å²) in [6.45, 7) is 1.98. The molecule has 0 fully saturated rings. The van der Waals surface area contributed by atoms with Crippen molar-refractivity contribution < 1.29 is 4.79 Å². The zero-order chi connectivity index (χ0) is 14.3. The molecule has 0 unspecified atom stereocenters. The van der Waals surface area contributed by atoms with Crippen LogP contribution in [0.3, 0.4) is 0 Å². The summed E-state index contributed by atoms with van der Waals surface area (Å²) >= 11 is 0. The van der Waals surface area contributed by atoms with Crippen molar-refractivity contribution in [2.45, 2.75) is 19.4 Å². The van der Waals surface area contributed by atoms with E-state index in [1.54, 1.807) is 16.6 Å². The number of hydrogen-bond donors (Lipinski definition) is 0. The molecular weight excluding hydrogens is 242 g/mol. The summed E-state index contributed by atoms with van der Waals surface area (Å²) in [6.07, 6.45) is 4.65. The van der Waals surface area contributed by atoms with Crippen molar-refractivity contribution in [1.82, 2.24) is 19.6 Å². The Balaban J connectivity index is 2.28. The minimum atomic E-state index is 0.0771. The van der Waals surface area contributed by atoms with Crippen molar-refractivity contribution in [3.05, 3.63) is 18.0 Å². The van der Waals surface area contributed by atoms with E-state index >= 15 is 0 Å². The largest absolute Gasteiger partial charge is 0.345 e. The van der Waals surface area contributed by atoms with Crippen molar-refractivity contribution in [3.63, 3.8) is 0 Å². The van der Waals surface area contributed by atoms with Crippen LogP contribution < -0.4 is 0 Å². The number of rotatable bonds is 7. The molecule has 1 aromatic heterocycles. The van der Waals surface area contributed by atoms with Crippen LogP contribution in [0.4, 0.5) is 0 Å². The summed E-state index contributed by atoms with van der Waals surface area (Å²) in [5.74, 6) is 0.0771. The maximum atomic E-state index is 11.8. The second-order valence-corrected chi connectivity index (χ2v) is 4.73. The molecule has 0 aliphatic rings. The normalized spacial score (nSPS) is 10.5. The van der Waals surface area contributed by atoms with E-state index in [-0.39, 0.29) is 5.91 Å². The first-order valence-corrected chi connectivity index (χ1v) is 6.30. The molecule has 0 N–H and O–H groups in total. The molecule has 0 radical (unpaired) electrons. The van der Waals surface area contributed by atoms with Gasteiger partial charge in [0.25, 0.3) is 0 Å². The maximum absolute atomic E-state index is 11.8. The molecule has 0 saturated heterocycles. The number of nitriles is 1. The molecule has 6 heteroatoms. The Morgan fingerprint density at radius 1 is 1.47 bits per heavy atom. The number of aromatic nitrogens is 2. The molecule has 0 aliphatic carbocycles. The first-order valence-electron chi connectivity index (χ1n) is 6.30. The smallest absolute Gasteiger partial charge is 0.223 e. The van der Waals surface area contributed by atoms with Crippen LogP contribution in [-0.4, -0.2) is 52.7 Å². The Morgan fingerprint density at radius 3 is 2.79 bits per heavy atom. The van der Waals surface area contributed by atoms with Crippen LogP contribution in [0.5, 0.6) is 0 Å². The van der Waals surface area contributed by atoms with Crippen molar-refractivity contribution in [2.75, 3.05) is 27.2 Å². The molecule has 104 valence electrons. The fourth-order valence-electron chi connectivity index (χ4n) is 1.76. The van der Waals surface area contributed by atoms with Gasteiger partial charge in [-0.2, -0.15) is 10.4 Å². The summed E-state index contributed by atoms with van der Waals surface area (Å²) in [4.78, 5) is 15.5. The topological polar surface area (TPSA) is 65.2 Å². The standard InChI is InChI=1S/C13H21N5O/c1-16(10-12-9-15-18(3)11-12)8-5-13(19)17(2)7-4-6-14/h9,11H,4-5,7-8,10H2,1-3H3. The van der Waals surface area contributed by atoms with Crippen LogP contribution in [0.25, 0.3) is 0 Å². The SMILES string of the molecule is CN(CCC(=O)N(C)CCC#N)Cc1cnn(C)c1. The molecule has 1 amide bonds. The van der Waals surface area contributed by atoms with E-state index in [9.17, 15) is 4.79 Å². The van der Waals surface area contributed by atoms with Crippen LogP contribution in [0.15, 0.2) is 12.4 Å². The third-order valence-corrected chi connectivity index (χ3v) is 2.90. The van der Waals surface area contributed by atoms with Crippen LogP contribution >= 0.6 is 0 Å². The molecule has 1 heterocycles. The first-order chi connectivity index (χ1) is 9.02. The van der Waals surface area contributed by atoms with Gasteiger partial charge in [0.05, 0.1) is 18.7 Å². The minimum absolute atomic E-state index is 0.0771. The summed E-state index contributed by atoms with van der Waals surface area (Å²) in [7, 11) is 5.60. The van der Waals surface area contributed by atoms with Gasteiger partial charge in [0.1, 0.15) is 0 Å². The third kappa shape index (κ3) is 5.53. The highest BCUT2D eigenvalue weighted by atomic mass is 16.2. The van der Waals surface area contributed by atoms with Crippen LogP contribution in [0.1, 0.15) is 18.4 Å². The summed E-state index contributed by atoms with van der Waals surface area (Å²) in [6, 6.07) is 2.04. The molecular formula is C13H21N5O. The fraction of sp³-hybridized carbons (Fsp3) is 0.615. The molecule has 0 spiro atoms. The fourth-order valence-corrected chi connectivity index (χ4v) is 1.76. The van der Waals surface area contributed by atoms with E-state index in [1.807, 2.05) is 32.6 Å². The molecule has 0 aliphatic heterocycles. The number of hydrogen-bond acceptors (Lipinski definition) is 4. The van der Waals surface area contributed by atoms with Gasteiger partial charge in [-0.1, -0.05) is 0 Å². The average molecular weight is 263 g/mol. The van der Waals surface area contributed by atoms with E-state index in [4.69, 9.17) is 5.26 Å². The second-order valence-electron chi connectivity index (χ2n) is 4.73. The number of aryl methyl sites for hydroxylation is 1. The van der Waals surface area contributed by atoms with Crippen molar-refractivity contribution in [1.29, 1.82) is 5.26 Å². The average Bonchev–Trinajstić information content (AvgIpc) is 2.78. The van der Waals surface area contributed by atoms with Crippen LogP contribution in [0, 0.1) is 11.3 Å². The van der Waals surface area contributed by atoms with Gasteiger partial charge in [0.15, 0.2) is 0 Å². The van der Waals surface area contributed by atoms with Gasteiger partial charge >= 0.3 is 0 Å². The number of carbonyl (C=O) groups excluding carboxylic acids is 1. The van der Waals surface area contributed by atoms with Crippen LogP contribution in [-0.2, 0) is 18.4 Å². The summed E-state index contributed by atoms with van der Waals surface area (Å²) in [5, 5.41) is 12.6. The summed E-state index contributed by atoms with van der Waals surface area (Å²) < 4.78 is 1.77. The first kappa shape index (κ1) is 15.2. The van der Waals surface area contributed by atoms with Gasteiger partial charge < -0.3 is 9.80 Å². The highest BCUT2D eigenvalue weighted by molar-refractivity contribution is 5.76. The molecule has 19 heavy (non-hydrogen) atoms. The Labute approximate surface area is 114 Å². The quantitative estimate of drug-likeness (QED) is 0.723. The molecule has 0 aromatic carbocycles. The Morgan fingerprint density at radius 2 is 2.21 bits per heavy atom. The van der Waals surface area contributed by atoms with Gasteiger partial charge in [0.2, 0.25) is 5.91 Å². The summed E-state index contributed by atoms with van der Waals surface area (Å²) in [5.41, 5.74) is 1.13. The highest BCUT2D eigenvalue weighted by Gasteiger charge is 2.10. The molecule has 0 saturated carbocycles. The van der Waals surface area contributed by atoms with Gasteiger partial charge in [-0.05, 0) is 7.05 Å². The molecule has 0 bridgehead atoms. The monoisotopic (exact) mass is 263 g/mol. The zero-order valence-corrected chi connectivity index (χ0v) is 11.8. The third-order valence-electron chi connectivity index (χ3n) is 2.90. The van der Waals surface area contributed by atoms with Crippen LogP contribution in [0.2, 0.25) is 0 Å². The lowest BCUT2D eigenvalue weighted by Crippen LogP contribution is -2.31. The van der Waals surface area contributed by atoms with E-state index < -0.39 is 0 Å². The Kier molecular flexibility index (Phi) is 6.03. The number of carbonyl (C=O) groups is 1. The van der Waals surface area contributed by atoms with E-state index in [0.29, 0.717) is 25.9 Å². The Bertz CT molecular complexity index is 448. The maximum Gasteiger partial charge on any atom is 0.223 e. The van der Waals surface area contributed by atoms with Crippen molar-refractivity contribution >= 4 is 5.91 Å². The van der Waals surface area contributed by atoms with Gasteiger partial charge in [-0.15, -0.1) is 0 Å². The van der Waals surface area contributed by atoms with Crippen molar-refractivity contribution in [2.24, 2.45) is 7.05 Å². The predicted octanol–water partition coefficient (Wildman–Crippen LogP) is 0.614. The second kappa shape index (κ2) is 7.54. The van der Waals surface area contributed by atoms with Gasteiger partial charge in [-0.25, -0.2) is 0 Å². The number of amides is 1. The molecule has 1 aromatic rings. The molecule has 0 atom stereocenters. The van der Waals surface area contributed by atoms with E-state index in [1.165, 1.54) is 0 Å². The lowest BCUT2D eigenvalue weighted by atomic mass is 10.3. The molecule has 1 rings (SSSR count). The predicted molar refractivity (Wildman–Crippen MR) is 72.0 cm³/mol. The van der Waals surface area contributed by atoms with E-state index in [0.717, 1.165) is 12.1 Å². The molecule has 6 nitrogen and oxygen atoms in total. The lowest BCUT2D eigenvalue weighted by molar-refractivity contribution is -0.130. The highest BCUT2D eigenvalue weighted by Crippen LogP contribution is 2.02.